The number of esters is 1. The number of aliphatic hydroxyl groups excluding tert-OH is 1. The van der Waals surface area contributed by atoms with E-state index >= 15 is 0 Å². The highest BCUT2D eigenvalue weighted by atomic mass is 16.5. The molecular weight excluding hydrogens is 480 g/mol. The van der Waals surface area contributed by atoms with Crippen LogP contribution in [0.15, 0.2) is 84.0 Å². The highest BCUT2D eigenvalue weighted by molar-refractivity contribution is 5.95. The van der Waals surface area contributed by atoms with Crippen LogP contribution in [0.5, 0.6) is 0 Å². The molecule has 3 aliphatic heterocycles. The number of hydrogen-bond acceptors (Lipinski definition) is 8. The molecular formula is C30H38N4O4. The van der Waals surface area contributed by atoms with E-state index in [0.717, 1.165) is 44.0 Å². The molecule has 0 radical (unpaired) electrons. The van der Waals surface area contributed by atoms with Crippen LogP contribution in [0.3, 0.4) is 0 Å². The SMILES string of the molecule is COC(=O)C1=C(C(O)NCCN2CCN(C)CC2)C2C=CC1(C(Cc1ccccc1)Nc1ccccc1)O2. The molecule has 202 valence electrons. The Morgan fingerprint density at radius 2 is 1.79 bits per heavy atom. The Balaban J connectivity index is 1.41. The van der Waals surface area contributed by atoms with Crippen LogP contribution in [-0.4, -0.2) is 98.3 Å². The molecule has 2 aromatic carbocycles. The molecule has 4 unspecified atom stereocenters. The quantitative estimate of drug-likeness (QED) is 0.237. The molecule has 0 spiro atoms. The molecule has 3 aliphatic rings. The highest BCUT2D eigenvalue weighted by Crippen LogP contribution is 2.48. The Kier molecular flexibility index (Phi) is 8.26. The fourth-order valence-electron chi connectivity index (χ4n) is 5.68. The van der Waals surface area contributed by atoms with Gasteiger partial charge in [0.05, 0.1) is 18.7 Å². The number of para-hydroxylation sites is 1. The van der Waals surface area contributed by atoms with E-state index < -0.39 is 23.9 Å². The van der Waals surface area contributed by atoms with Gasteiger partial charge in [-0.3, -0.25) is 10.2 Å². The van der Waals surface area contributed by atoms with Gasteiger partial charge in [0.1, 0.15) is 17.9 Å². The first-order valence-electron chi connectivity index (χ1n) is 13.4. The van der Waals surface area contributed by atoms with Crippen LogP contribution in [0.25, 0.3) is 0 Å². The van der Waals surface area contributed by atoms with Crippen molar-refractivity contribution in [2.45, 2.75) is 30.4 Å². The fraction of sp³-hybridized carbons (Fsp3) is 0.433. The second-order valence-corrected chi connectivity index (χ2v) is 10.3. The van der Waals surface area contributed by atoms with E-state index in [2.05, 4.69) is 39.6 Å². The molecule has 4 atom stereocenters. The van der Waals surface area contributed by atoms with E-state index in [0.29, 0.717) is 24.1 Å². The molecule has 0 aromatic heterocycles. The van der Waals surface area contributed by atoms with E-state index in [9.17, 15) is 9.90 Å². The van der Waals surface area contributed by atoms with Crippen molar-refractivity contribution in [1.82, 2.24) is 15.1 Å². The first-order valence-corrected chi connectivity index (χ1v) is 13.4. The van der Waals surface area contributed by atoms with Crippen molar-refractivity contribution in [1.29, 1.82) is 0 Å². The maximum Gasteiger partial charge on any atom is 0.337 e. The largest absolute Gasteiger partial charge is 0.466 e. The van der Waals surface area contributed by atoms with Crippen LogP contribution in [-0.2, 0) is 20.7 Å². The molecule has 3 N–H and O–H groups in total. The van der Waals surface area contributed by atoms with Gasteiger partial charge in [0.2, 0.25) is 0 Å². The second-order valence-electron chi connectivity index (χ2n) is 10.3. The number of hydrogen-bond donors (Lipinski definition) is 3. The minimum atomic E-state index is -1.08. The number of aliphatic hydroxyl groups is 1. The number of ether oxygens (including phenoxy) is 2. The van der Waals surface area contributed by atoms with Gasteiger partial charge in [-0.15, -0.1) is 0 Å². The molecule has 8 nitrogen and oxygen atoms in total. The number of nitrogens with one attached hydrogen (secondary N) is 2. The molecule has 2 aromatic rings. The summed E-state index contributed by atoms with van der Waals surface area (Å²) in [7, 11) is 3.51. The Labute approximate surface area is 224 Å². The summed E-state index contributed by atoms with van der Waals surface area (Å²) in [5, 5.41) is 18.1. The summed E-state index contributed by atoms with van der Waals surface area (Å²) >= 11 is 0. The number of nitrogens with zero attached hydrogens (tertiary/aromatic N) is 2. The number of fused-ring (bicyclic) bond motifs is 2. The lowest BCUT2D eigenvalue weighted by Crippen LogP contribution is -2.50. The monoisotopic (exact) mass is 518 g/mol. The number of carbonyl (C=O) groups excluding carboxylic acids is 1. The van der Waals surface area contributed by atoms with E-state index in [-0.39, 0.29) is 6.04 Å². The van der Waals surface area contributed by atoms with Crippen LogP contribution in [0.1, 0.15) is 5.56 Å². The fourth-order valence-corrected chi connectivity index (χ4v) is 5.68. The van der Waals surface area contributed by atoms with Crippen molar-refractivity contribution in [2.24, 2.45) is 0 Å². The maximum atomic E-state index is 13.3. The molecule has 0 amide bonds. The number of anilines is 1. The van der Waals surface area contributed by atoms with Gasteiger partial charge in [0.15, 0.2) is 0 Å². The average molecular weight is 519 g/mol. The molecule has 1 fully saturated rings. The topological polar surface area (TPSA) is 86.3 Å². The molecule has 8 heteroatoms. The summed E-state index contributed by atoms with van der Waals surface area (Å²) < 4.78 is 11.8. The van der Waals surface area contributed by atoms with Crippen molar-refractivity contribution >= 4 is 11.7 Å². The van der Waals surface area contributed by atoms with Crippen molar-refractivity contribution in [3.8, 4) is 0 Å². The zero-order valence-corrected chi connectivity index (χ0v) is 22.2. The Bertz CT molecular complexity index is 1110. The molecule has 38 heavy (non-hydrogen) atoms. The maximum absolute atomic E-state index is 13.3. The van der Waals surface area contributed by atoms with E-state index in [1.165, 1.54) is 7.11 Å². The van der Waals surface area contributed by atoms with Crippen molar-refractivity contribution in [3.05, 3.63) is 89.5 Å². The van der Waals surface area contributed by atoms with Crippen LogP contribution in [0.4, 0.5) is 5.69 Å². The number of benzene rings is 2. The predicted molar refractivity (Wildman–Crippen MR) is 148 cm³/mol. The third-order valence-electron chi connectivity index (χ3n) is 7.79. The van der Waals surface area contributed by atoms with Crippen LogP contribution < -0.4 is 10.6 Å². The smallest absolute Gasteiger partial charge is 0.337 e. The third-order valence-corrected chi connectivity index (χ3v) is 7.79. The van der Waals surface area contributed by atoms with E-state index in [1.54, 1.807) is 0 Å². The van der Waals surface area contributed by atoms with Crippen LogP contribution in [0, 0.1) is 0 Å². The lowest BCUT2D eigenvalue weighted by atomic mass is 9.78. The second kappa shape index (κ2) is 11.8. The van der Waals surface area contributed by atoms with Gasteiger partial charge in [-0.2, -0.15) is 0 Å². The van der Waals surface area contributed by atoms with Gasteiger partial charge < -0.3 is 24.8 Å². The van der Waals surface area contributed by atoms with Gasteiger partial charge in [0.25, 0.3) is 0 Å². The van der Waals surface area contributed by atoms with Gasteiger partial charge >= 0.3 is 5.97 Å². The number of methoxy groups -OCH3 is 1. The van der Waals surface area contributed by atoms with Crippen molar-refractivity contribution in [2.75, 3.05) is 58.7 Å². The summed E-state index contributed by atoms with van der Waals surface area (Å²) in [6.07, 6.45) is 2.97. The standard InChI is InChI=1S/C30H38N4O4/c1-33-17-19-34(20-18-33)16-15-31-28(35)26-24-13-14-30(38-24,27(26)29(36)37-2)25(21-22-9-5-3-6-10-22)32-23-11-7-4-8-12-23/h3-14,24-25,28,31-32,35H,15-21H2,1-2H3. The minimum absolute atomic E-state index is 0.322. The Morgan fingerprint density at radius 1 is 1.11 bits per heavy atom. The summed E-state index contributed by atoms with van der Waals surface area (Å²) in [6.45, 7) is 5.52. The van der Waals surface area contributed by atoms with Crippen LogP contribution >= 0.6 is 0 Å². The molecule has 3 heterocycles. The molecule has 5 rings (SSSR count). The lowest BCUT2D eigenvalue weighted by Gasteiger charge is -2.36. The summed E-state index contributed by atoms with van der Waals surface area (Å²) in [5.74, 6) is -0.486. The molecule has 0 aliphatic carbocycles. The van der Waals surface area contributed by atoms with Crippen LogP contribution in [0.2, 0.25) is 0 Å². The van der Waals surface area contributed by atoms with Crippen molar-refractivity contribution in [3.63, 3.8) is 0 Å². The summed E-state index contributed by atoms with van der Waals surface area (Å²) in [5.41, 5.74) is 1.85. The highest BCUT2D eigenvalue weighted by Gasteiger charge is 2.57. The lowest BCUT2D eigenvalue weighted by molar-refractivity contribution is -0.138. The Hall–Kier alpha value is -3.01. The molecule has 2 bridgehead atoms. The number of carbonyl (C=O) groups is 1. The molecule has 1 saturated heterocycles. The number of rotatable bonds is 11. The average Bonchev–Trinajstić information content (AvgIpc) is 3.53. The van der Waals surface area contributed by atoms with Crippen molar-refractivity contribution < 1.29 is 19.4 Å². The van der Waals surface area contributed by atoms with Gasteiger partial charge in [0, 0.05) is 50.5 Å². The first-order chi connectivity index (χ1) is 18.5. The minimum Gasteiger partial charge on any atom is -0.466 e. The molecule has 0 saturated carbocycles. The Morgan fingerprint density at radius 3 is 2.47 bits per heavy atom. The zero-order chi connectivity index (χ0) is 26.5. The summed E-state index contributed by atoms with van der Waals surface area (Å²) in [6, 6.07) is 19.7. The van der Waals surface area contributed by atoms with Gasteiger partial charge in [-0.05, 0) is 37.2 Å². The van der Waals surface area contributed by atoms with Gasteiger partial charge in [-0.1, -0.05) is 54.6 Å². The zero-order valence-electron chi connectivity index (χ0n) is 22.2. The van der Waals surface area contributed by atoms with E-state index in [1.807, 2.05) is 60.7 Å². The first kappa shape index (κ1) is 26.6. The predicted octanol–water partition coefficient (Wildman–Crippen LogP) is 2.04. The normalized spacial score (nSPS) is 25.0. The third kappa shape index (κ3) is 5.55. The summed E-state index contributed by atoms with van der Waals surface area (Å²) in [4.78, 5) is 18.0. The van der Waals surface area contributed by atoms with Gasteiger partial charge in [-0.25, -0.2) is 4.79 Å². The number of piperazine rings is 1. The number of likely N-dealkylation sites (N-methyl/N-ethyl adjacent to an activating group) is 1. The van der Waals surface area contributed by atoms with E-state index in [4.69, 9.17) is 9.47 Å².